The fourth-order valence-corrected chi connectivity index (χ4v) is 3.35. The fraction of sp³-hybridized carbons (Fsp3) is 0.240. The lowest BCUT2D eigenvalue weighted by Crippen LogP contribution is -2.45. The van der Waals surface area contributed by atoms with E-state index in [-0.39, 0.29) is 5.56 Å². The molecule has 7 heteroatoms. The number of ketones is 1. The number of halogens is 1. The molecule has 6 nitrogen and oxygen atoms in total. The van der Waals surface area contributed by atoms with Crippen molar-refractivity contribution in [2.75, 3.05) is 27.2 Å². The van der Waals surface area contributed by atoms with Crippen LogP contribution in [0.15, 0.2) is 83.8 Å². The summed E-state index contributed by atoms with van der Waals surface area (Å²) in [5.74, 6) is -1.54. The van der Waals surface area contributed by atoms with Gasteiger partial charge in [-0.1, -0.05) is 36.4 Å². The van der Waals surface area contributed by atoms with Crippen molar-refractivity contribution in [1.29, 1.82) is 0 Å². The van der Waals surface area contributed by atoms with Gasteiger partial charge in [0.05, 0.1) is 0 Å². The number of amides is 1. The summed E-state index contributed by atoms with van der Waals surface area (Å²) in [7, 11) is 3.79. The van der Waals surface area contributed by atoms with Gasteiger partial charge in [-0.05, 0) is 50.0 Å². The molecule has 3 aromatic rings. The Labute approximate surface area is 186 Å². The van der Waals surface area contributed by atoms with Gasteiger partial charge in [0.25, 0.3) is 11.5 Å². The predicted molar refractivity (Wildman–Crippen MR) is 121 cm³/mol. The van der Waals surface area contributed by atoms with Crippen molar-refractivity contribution < 1.29 is 14.0 Å². The highest BCUT2D eigenvalue weighted by Crippen LogP contribution is 2.19. The van der Waals surface area contributed by atoms with Crippen LogP contribution in [0, 0.1) is 5.82 Å². The molecule has 0 fully saturated rings. The van der Waals surface area contributed by atoms with Gasteiger partial charge in [-0.15, -0.1) is 0 Å². The molecule has 0 saturated carbocycles. The summed E-state index contributed by atoms with van der Waals surface area (Å²) < 4.78 is 14.5. The van der Waals surface area contributed by atoms with Gasteiger partial charge < -0.3 is 9.80 Å². The number of rotatable bonds is 9. The summed E-state index contributed by atoms with van der Waals surface area (Å²) >= 11 is 0. The van der Waals surface area contributed by atoms with Crippen LogP contribution in [0.1, 0.15) is 22.0 Å². The Morgan fingerprint density at radius 2 is 1.56 bits per heavy atom. The van der Waals surface area contributed by atoms with Gasteiger partial charge >= 0.3 is 0 Å². The number of Topliss-reactive ketones (excluding diaryl/α,β-unsaturated/α-hetero) is 1. The monoisotopic (exact) mass is 435 g/mol. The number of hydrogen-bond donors (Lipinski definition) is 0. The van der Waals surface area contributed by atoms with Crippen molar-refractivity contribution in [3.63, 3.8) is 0 Å². The molecule has 0 aliphatic heterocycles. The molecule has 0 radical (unpaired) electrons. The first-order chi connectivity index (χ1) is 15.4. The number of carbonyl (C=O) groups is 2. The summed E-state index contributed by atoms with van der Waals surface area (Å²) in [5, 5.41) is 0. The zero-order chi connectivity index (χ0) is 23.1. The zero-order valence-electron chi connectivity index (χ0n) is 18.1. The van der Waals surface area contributed by atoms with Crippen LogP contribution in [-0.4, -0.2) is 53.2 Å². The van der Waals surface area contributed by atoms with Gasteiger partial charge in [0, 0.05) is 37.5 Å². The molecular formula is C25H26FN3O3. The molecule has 166 valence electrons. The average Bonchev–Trinajstić information content (AvgIpc) is 2.79. The molecule has 32 heavy (non-hydrogen) atoms. The van der Waals surface area contributed by atoms with Crippen LogP contribution < -0.4 is 5.56 Å². The Balaban J connectivity index is 2.02. The minimum Gasteiger partial charge on any atom is -0.335 e. The molecule has 2 aromatic carbocycles. The van der Waals surface area contributed by atoms with Crippen molar-refractivity contribution in [2.24, 2.45) is 0 Å². The van der Waals surface area contributed by atoms with E-state index in [9.17, 15) is 18.8 Å². The molecule has 0 saturated heterocycles. The van der Waals surface area contributed by atoms with Crippen molar-refractivity contribution in [3.05, 3.63) is 106 Å². The molecule has 1 atom stereocenters. The number of nitrogens with zero attached hydrogens (tertiary/aromatic N) is 3. The molecule has 0 N–H and O–H groups in total. The summed E-state index contributed by atoms with van der Waals surface area (Å²) in [6.07, 6.45) is 1.43. The number of aromatic nitrogens is 1. The molecule has 1 heterocycles. The lowest BCUT2D eigenvalue weighted by molar-refractivity contribution is -0.134. The predicted octanol–water partition coefficient (Wildman–Crippen LogP) is 3.00. The number of pyridine rings is 1. The van der Waals surface area contributed by atoms with E-state index in [0.29, 0.717) is 19.6 Å². The highest BCUT2D eigenvalue weighted by atomic mass is 19.1. The molecule has 3 rings (SSSR count). The smallest absolute Gasteiger partial charge is 0.254 e. The van der Waals surface area contributed by atoms with E-state index < -0.39 is 29.1 Å². The van der Waals surface area contributed by atoms with Crippen LogP contribution in [0.2, 0.25) is 0 Å². The normalized spacial score (nSPS) is 11.9. The molecule has 0 aliphatic carbocycles. The fourth-order valence-electron chi connectivity index (χ4n) is 3.35. The second kappa shape index (κ2) is 10.6. The van der Waals surface area contributed by atoms with Crippen LogP contribution in [0.4, 0.5) is 4.39 Å². The number of carbonyl (C=O) groups excluding carboxylic acids is 2. The third-order valence-electron chi connectivity index (χ3n) is 5.09. The van der Waals surface area contributed by atoms with Crippen LogP contribution in [0.5, 0.6) is 0 Å². The Morgan fingerprint density at radius 3 is 2.19 bits per heavy atom. The van der Waals surface area contributed by atoms with Crippen LogP contribution in [-0.2, 0) is 11.3 Å². The maximum atomic E-state index is 13.7. The summed E-state index contributed by atoms with van der Waals surface area (Å²) in [5.41, 5.74) is 0.606. The van der Waals surface area contributed by atoms with Crippen molar-refractivity contribution in [3.8, 4) is 0 Å². The van der Waals surface area contributed by atoms with E-state index in [2.05, 4.69) is 0 Å². The van der Waals surface area contributed by atoms with Gasteiger partial charge in [0.2, 0.25) is 0 Å². The molecule has 0 bridgehead atoms. The third-order valence-corrected chi connectivity index (χ3v) is 5.09. The Hall–Kier alpha value is -3.58. The van der Waals surface area contributed by atoms with E-state index in [0.717, 1.165) is 22.3 Å². The van der Waals surface area contributed by atoms with E-state index in [1.807, 2.05) is 49.3 Å². The summed E-state index contributed by atoms with van der Waals surface area (Å²) in [6.45, 7) is 1.25. The first-order valence-corrected chi connectivity index (χ1v) is 10.3. The number of hydrogen-bond acceptors (Lipinski definition) is 4. The molecule has 1 amide bonds. The van der Waals surface area contributed by atoms with Crippen molar-refractivity contribution in [2.45, 2.75) is 12.6 Å². The second-order valence-corrected chi connectivity index (χ2v) is 7.77. The maximum absolute atomic E-state index is 13.7. The largest absolute Gasteiger partial charge is 0.335 e. The highest BCUT2D eigenvalue weighted by molar-refractivity contribution is 6.11. The van der Waals surface area contributed by atoms with Crippen molar-refractivity contribution >= 4 is 11.7 Å². The van der Waals surface area contributed by atoms with E-state index in [1.54, 1.807) is 17.0 Å². The Morgan fingerprint density at radius 1 is 0.906 bits per heavy atom. The maximum Gasteiger partial charge on any atom is 0.254 e. The Kier molecular flexibility index (Phi) is 7.68. The molecule has 0 spiro atoms. The molecule has 0 aliphatic rings. The van der Waals surface area contributed by atoms with Gasteiger partial charge in [0.15, 0.2) is 11.8 Å². The minimum atomic E-state index is -1.39. The lowest BCUT2D eigenvalue weighted by atomic mass is 10.0. The Bertz CT molecular complexity index is 1110. The minimum absolute atomic E-state index is 0.160. The highest BCUT2D eigenvalue weighted by Gasteiger charge is 2.33. The molecule has 1 aromatic heterocycles. The standard InChI is InChI=1S/C25H26FN3O3/c1-27(2)16-17-28(18-19-8-4-3-5-9-19)25(32)23(29-15-7-6-10-22(29)30)24(31)20-11-13-21(26)14-12-20/h3-15,23H,16-18H2,1-2H3/t23-/m1/s1. The molecular weight excluding hydrogens is 409 g/mol. The van der Waals surface area contributed by atoms with Gasteiger partial charge in [-0.2, -0.15) is 0 Å². The number of likely N-dealkylation sites (N-methyl/N-ethyl adjacent to an activating group) is 1. The topological polar surface area (TPSA) is 62.6 Å². The SMILES string of the molecule is CN(C)CCN(Cc1ccccc1)C(=O)[C@@H](C(=O)c1ccc(F)cc1)n1ccccc1=O. The summed E-state index contributed by atoms with van der Waals surface area (Å²) in [6, 6.07) is 17.5. The van der Waals surface area contributed by atoms with Gasteiger partial charge in [0.1, 0.15) is 5.82 Å². The van der Waals surface area contributed by atoms with E-state index in [4.69, 9.17) is 0 Å². The summed E-state index contributed by atoms with van der Waals surface area (Å²) in [4.78, 5) is 43.3. The van der Waals surface area contributed by atoms with Gasteiger partial charge in [-0.25, -0.2) is 4.39 Å². The number of benzene rings is 2. The van der Waals surface area contributed by atoms with E-state index >= 15 is 0 Å². The van der Waals surface area contributed by atoms with Crippen LogP contribution in [0.25, 0.3) is 0 Å². The third kappa shape index (κ3) is 5.76. The zero-order valence-corrected chi connectivity index (χ0v) is 18.1. The molecule has 0 unspecified atom stereocenters. The second-order valence-electron chi connectivity index (χ2n) is 7.77. The van der Waals surface area contributed by atoms with Gasteiger partial charge in [-0.3, -0.25) is 19.0 Å². The van der Waals surface area contributed by atoms with Crippen molar-refractivity contribution in [1.82, 2.24) is 14.4 Å². The van der Waals surface area contributed by atoms with E-state index in [1.165, 1.54) is 24.4 Å². The quantitative estimate of drug-likeness (QED) is 0.383. The first kappa shape index (κ1) is 23.1. The lowest BCUT2D eigenvalue weighted by Gasteiger charge is -2.29. The average molecular weight is 435 g/mol. The first-order valence-electron chi connectivity index (χ1n) is 10.3. The van der Waals surface area contributed by atoms with Crippen LogP contribution in [0.3, 0.4) is 0 Å². The van der Waals surface area contributed by atoms with Crippen LogP contribution >= 0.6 is 0 Å².